The van der Waals surface area contributed by atoms with Gasteiger partial charge in [0.1, 0.15) is 4.90 Å². The first-order chi connectivity index (χ1) is 6.41. The second-order valence-corrected chi connectivity index (χ2v) is 4.04. The summed E-state index contributed by atoms with van der Waals surface area (Å²) in [5, 5.41) is 2.30. The Bertz CT molecular complexity index is 457. The zero-order valence-electron chi connectivity index (χ0n) is 8.10. The fourth-order valence-corrected chi connectivity index (χ4v) is 1.63. The number of benzene rings is 1. The Morgan fingerprint density at radius 3 is 2.33 bits per heavy atom. The molecule has 76 valence electrons. The second-order valence-electron chi connectivity index (χ2n) is 2.65. The summed E-state index contributed by atoms with van der Waals surface area (Å²) < 4.78 is 30.5. The van der Waals surface area contributed by atoms with Gasteiger partial charge in [-0.15, -0.1) is 0 Å². The summed E-state index contributed by atoms with van der Waals surface area (Å²) >= 11 is 0. The van der Waals surface area contributed by atoms with E-state index in [0.29, 0.717) is 0 Å². The van der Waals surface area contributed by atoms with Crippen molar-refractivity contribution < 1.29 is 17.8 Å². The summed E-state index contributed by atoms with van der Waals surface area (Å²) in [5.41, 5.74) is 0.0718. The summed E-state index contributed by atoms with van der Waals surface area (Å²) in [6, 6.07) is 5.61. The zero-order chi connectivity index (χ0) is 10.8. The first kappa shape index (κ1) is 15.2. The number of carbonyl (C=O) groups is 1. The summed E-state index contributed by atoms with van der Waals surface area (Å²) in [4.78, 5) is 10.4. The molecule has 0 radical (unpaired) electrons. The summed E-state index contributed by atoms with van der Waals surface area (Å²) in [5.74, 6) is -0.402. The van der Waals surface area contributed by atoms with Gasteiger partial charge in [0.15, 0.2) is 0 Å². The topological polar surface area (TPSA) is 83.5 Å². The van der Waals surface area contributed by atoms with Crippen LogP contribution in [0, 0.1) is 0 Å². The molecule has 0 aliphatic carbocycles. The van der Waals surface area contributed by atoms with E-state index >= 15 is 0 Å². The maximum atomic E-state index is 10.8. The van der Waals surface area contributed by atoms with Crippen molar-refractivity contribution >= 4 is 70.6 Å². The molecule has 0 atom stereocenters. The number of amides is 1. The molecule has 0 aliphatic heterocycles. The van der Waals surface area contributed by atoms with Gasteiger partial charge in [-0.25, -0.2) is 0 Å². The van der Waals surface area contributed by atoms with Gasteiger partial charge in [0.05, 0.1) is 5.69 Å². The maximum absolute atomic E-state index is 10.8. The quantitative estimate of drug-likeness (QED) is 0.600. The van der Waals surface area contributed by atoms with Crippen molar-refractivity contribution in [1.29, 1.82) is 0 Å². The standard InChI is InChI=1S/C8H9NO4S.Ba/c1-6(10)9-7-4-2-3-5-8(7)14(11,12)13;/h2-5H,1H3,(H,9,10)(H,11,12,13);/q;+2. The molecule has 2 N–H and O–H groups in total. The fourth-order valence-electron chi connectivity index (χ4n) is 0.984. The minimum atomic E-state index is -4.29. The van der Waals surface area contributed by atoms with Crippen LogP contribution in [-0.2, 0) is 14.9 Å². The monoisotopic (exact) mass is 353 g/mol. The number of hydrogen-bond acceptors (Lipinski definition) is 3. The maximum Gasteiger partial charge on any atom is 2.00 e. The van der Waals surface area contributed by atoms with E-state index in [1.165, 1.54) is 25.1 Å². The normalized spacial score (nSPS) is 10.3. The van der Waals surface area contributed by atoms with Crippen molar-refractivity contribution in [2.45, 2.75) is 11.8 Å². The Morgan fingerprint density at radius 2 is 1.87 bits per heavy atom. The van der Waals surface area contributed by atoms with E-state index in [4.69, 9.17) is 4.55 Å². The second kappa shape index (κ2) is 6.04. The molecule has 0 saturated carbocycles. The molecule has 0 fully saturated rings. The van der Waals surface area contributed by atoms with Gasteiger partial charge in [0.2, 0.25) is 5.91 Å². The van der Waals surface area contributed by atoms with Crippen molar-refractivity contribution in [3.05, 3.63) is 24.3 Å². The number of anilines is 1. The van der Waals surface area contributed by atoms with Crippen molar-refractivity contribution in [1.82, 2.24) is 0 Å². The minimum Gasteiger partial charge on any atom is -0.325 e. The number of nitrogens with one attached hydrogen (secondary N) is 1. The molecule has 0 aromatic heterocycles. The van der Waals surface area contributed by atoms with E-state index in [-0.39, 0.29) is 59.5 Å². The molecule has 7 heteroatoms. The minimum absolute atomic E-state index is 0. The predicted molar refractivity (Wildman–Crippen MR) is 56.3 cm³/mol. The Morgan fingerprint density at radius 1 is 1.33 bits per heavy atom. The van der Waals surface area contributed by atoms with Gasteiger partial charge in [-0.3, -0.25) is 9.35 Å². The van der Waals surface area contributed by atoms with Crippen LogP contribution in [0.2, 0.25) is 0 Å². The Hall–Kier alpha value is 0.171. The van der Waals surface area contributed by atoms with E-state index < -0.39 is 16.0 Å². The number of para-hydroxylation sites is 1. The van der Waals surface area contributed by atoms with Gasteiger partial charge < -0.3 is 5.32 Å². The Kier molecular flexibility index (Phi) is 6.11. The molecule has 5 nitrogen and oxygen atoms in total. The third-order valence-electron chi connectivity index (χ3n) is 1.48. The molecule has 0 spiro atoms. The van der Waals surface area contributed by atoms with E-state index in [1.54, 1.807) is 6.07 Å². The molecule has 0 unspecified atom stereocenters. The van der Waals surface area contributed by atoms with Crippen molar-refractivity contribution in [2.75, 3.05) is 5.32 Å². The Balaban J connectivity index is 0.00000196. The van der Waals surface area contributed by atoms with Crippen molar-refractivity contribution in [3.63, 3.8) is 0 Å². The van der Waals surface area contributed by atoms with Gasteiger partial charge in [0.25, 0.3) is 10.1 Å². The molecule has 0 saturated heterocycles. The number of rotatable bonds is 2. The van der Waals surface area contributed by atoms with E-state index in [9.17, 15) is 13.2 Å². The van der Waals surface area contributed by atoms with Crippen molar-refractivity contribution in [2.24, 2.45) is 0 Å². The van der Waals surface area contributed by atoms with Crippen LogP contribution in [0.1, 0.15) is 6.92 Å². The van der Waals surface area contributed by atoms with Gasteiger partial charge >= 0.3 is 48.9 Å². The molecule has 1 amide bonds. The predicted octanol–water partition coefficient (Wildman–Crippen LogP) is 0.511. The van der Waals surface area contributed by atoms with E-state index in [1.807, 2.05) is 0 Å². The van der Waals surface area contributed by atoms with E-state index in [0.717, 1.165) is 0 Å². The third-order valence-corrected chi connectivity index (χ3v) is 2.39. The van der Waals surface area contributed by atoms with Crippen LogP contribution in [0.3, 0.4) is 0 Å². The van der Waals surface area contributed by atoms with Crippen molar-refractivity contribution in [3.8, 4) is 0 Å². The van der Waals surface area contributed by atoms with E-state index in [2.05, 4.69) is 5.32 Å². The zero-order valence-corrected chi connectivity index (χ0v) is 13.4. The van der Waals surface area contributed by atoms with Crippen LogP contribution in [-0.4, -0.2) is 67.8 Å². The SMILES string of the molecule is CC(=O)Nc1ccccc1S(=O)(=O)O.[Ba+2]. The first-order valence-corrected chi connectivity index (χ1v) is 5.19. The molecule has 1 aromatic carbocycles. The largest absolute Gasteiger partial charge is 2.00 e. The van der Waals surface area contributed by atoms with Crippen LogP contribution < -0.4 is 5.32 Å². The van der Waals surface area contributed by atoms with Crippen LogP contribution in [0.4, 0.5) is 5.69 Å². The van der Waals surface area contributed by atoms with Gasteiger partial charge in [-0.2, -0.15) is 8.42 Å². The first-order valence-electron chi connectivity index (χ1n) is 3.75. The smallest absolute Gasteiger partial charge is 0.325 e. The molecule has 15 heavy (non-hydrogen) atoms. The molecular formula is C8H9BaNO4S+2. The molecular weight excluding hydrogens is 343 g/mol. The molecule has 1 aromatic rings. The van der Waals surface area contributed by atoms with Crippen LogP contribution >= 0.6 is 0 Å². The molecule has 0 aliphatic rings. The summed E-state index contributed by atoms with van der Waals surface area (Å²) in [6.45, 7) is 1.25. The molecule has 0 bridgehead atoms. The number of hydrogen-bond donors (Lipinski definition) is 2. The summed E-state index contributed by atoms with van der Waals surface area (Å²) in [6.07, 6.45) is 0. The van der Waals surface area contributed by atoms with Crippen LogP contribution in [0.25, 0.3) is 0 Å². The number of carbonyl (C=O) groups excluding carboxylic acids is 1. The third kappa shape index (κ3) is 4.68. The van der Waals surface area contributed by atoms with Crippen LogP contribution in [0.5, 0.6) is 0 Å². The van der Waals surface area contributed by atoms with Gasteiger partial charge in [-0.1, -0.05) is 12.1 Å². The van der Waals surface area contributed by atoms with Crippen LogP contribution in [0.15, 0.2) is 29.2 Å². The molecule has 1 rings (SSSR count). The summed E-state index contributed by atoms with van der Waals surface area (Å²) in [7, 11) is -4.29. The molecule has 0 heterocycles. The van der Waals surface area contributed by atoms with Gasteiger partial charge in [0, 0.05) is 6.92 Å². The average Bonchev–Trinajstić information content (AvgIpc) is 2.01. The average molecular weight is 353 g/mol. The Labute approximate surface area is 128 Å². The fraction of sp³-hybridized carbons (Fsp3) is 0.125. The van der Waals surface area contributed by atoms with Gasteiger partial charge in [-0.05, 0) is 12.1 Å².